The number of amides is 1. The van der Waals surface area contributed by atoms with Crippen LogP contribution in [0.25, 0.3) is 0 Å². The van der Waals surface area contributed by atoms with Crippen molar-refractivity contribution in [3.63, 3.8) is 0 Å². The first-order chi connectivity index (χ1) is 11.8. The number of fused-ring (bicyclic) bond motifs is 2. The summed E-state index contributed by atoms with van der Waals surface area (Å²) in [5.41, 5.74) is 0.982. The molecular weight excluding hydrogens is 302 g/mol. The number of ether oxygens (including phenoxy) is 1. The quantitative estimate of drug-likeness (QED) is 0.868. The van der Waals surface area contributed by atoms with E-state index in [1.54, 1.807) is 24.8 Å². The summed E-state index contributed by atoms with van der Waals surface area (Å²) < 4.78 is 6.07. The lowest BCUT2D eigenvalue weighted by molar-refractivity contribution is -0.136. The predicted molar refractivity (Wildman–Crippen MR) is 89.5 cm³/mol. The highest BCUT2D eigenvalue weighted by Crippen LogP contribution is 2.37. The number of pyridine rings is 2. The maximum Gasteiger partial charge on any atom is 0.227 e. The monoisotopic (exact) mass is 323 g/mol. The molecule has 2 atom stereocenters. The molecule has 2 aromatic rings. The standard InChI is InChI=1S/C19H21N3O2/c23-19(9-14-3-1-7-20-12-14)22-15-5-6-16(22)11-18(10-15)24-17-4-2-8-21-13-17/h1-4,7-8,12-13,15-16,18H,5-6,9-11H2. The second-order valence-corrected chi connectivity index (χ2v) is 6.62. The van der Waals surface area contributed by atoms with Gasteiger partial charge in [0.1, 0.15) is 11.9 Å². The Bertz CT molecular complexity index is 678. The molecular formula is C19H21N3O2. The van der Waals surface area contributed by atoms with Gasteiger partial charge in [-0.2, -0.15) is 0 Å². The summed E-state index contributed by atoms with van der Waals surface area (Å²) in [7, 11) is 0. The Labute approximate surface area is 141 Å². The van der Waals surface area contributed by atoms with Crippen LogP contribution in [0.15, 0.2) is 49.1 Å². The fourth-order valence-corrected chi connectivity index (χ4v) is 4.01. The van der Waals surface area contributed by atoms with E-state index < -0.39 is 0 Å². The number of carbonyl (C=O) groups is 1. The first kappa shape index (κ1) is 15.1. The minimum absolute atomic E-state index is 0.175. The fourth-order valence-electron chi connectivity index (χ4n) is 4.01. The van der Waals surface area contributed by atoms with E-state index >= 15 is 0 Å². The van der Waals surface area contributed by atoms with Crippen molar-refractivity contribution in [2.24, 2.45) is 0 Å². The van der Waals surface area contributed by atoms with Crippen LogP contribution in [0, 0.1) is 0 Å². The molecule has 0 aliphatic carbocycles. The summed E-state index contributed by atoms with van der Waals surface area (Å²) in [6, 6.07) is 8.27. The molecule has 2 saturated heterocycles. The van der Waals surface area contributed by atoms with Gasteiger partial charge in [-0.3, -0.25) is 14.8 Å². The summed E-state index contributed by atoms with van der Waals surface area (Å²) in [5, 5.41) is 0. The average molecular weight is 323 g/mol. The van der Waals surface area contributed by atoms with Crippen molar-refractivity contribution < 1.29 is 9.53 Å². The van der Waals surface area contributed by atoms with Crippen LogP contribution in [0.1, 0.15) is 31.2 Å². The van der Waals surface area contributed by atoms with Crippen LogP contribution in [0.4, 0.5) is 0 Å². The molecule has 2 bridgehead atoms. The first-order valence-electron chi connectivity index (χ1n) is 8.56. The zero-order valence-electron chi connectivity index (χ0n) is 13.5. The number of rotatable bonds is 4. The molecule has 0 saturated carbocycles. The molecule has 1 amide bonds. The van der Waals surface area contributed by atoms with Crippen molar-refractivity contribution in [1.29, 1.82) is 0 Å². The van der Waals surface area contributed by atoms with E-state index in [0.717, 1.165) is 37.0 Å². The van der Waals surface area contributed by atoms with Crippen LogP contribution < -0.4 is 4.74 Å². The molecule has 124 valence electrons. The summed E-state index contributed by atoms with van der Waals surface area (Å²) in [4.78, 5) is 23.0. The van der Waals surface area contributed by atoms with Crippen molar-refractivity contribution in [2.75, 3.05) is 0 Å². The average Bonchev–Trinajstić information content (AvgIpc) is 2.88. The van der Waals surface area contributed by atoms with E-state index in [1.165, 1.54) is 0 Å². The normalized spacial score (nSPS) is 25.5. The molecule has 4 heterocycles. The van der Waals surface area contributed by atoms with E-state index in [1.807, 2.05) is 24.3 Å². The number of hydrogen-bond acceptors (Lipinski definition) is 4. The third-order valence-electron chi connectivity index (χ3n) is 4.99. The Kier molecular flexibility index (Phi) is 4.15. The van der Waals surface area contributed by atoms with Crippen LogP contribution in [0.5, 0.6) is 5.75 Å². The third kappa shape index (κ3) is 3.11. The van der Waals surface area contributed by atoms with Crippen LogP contribution in [0.2, 0.25) is 0 Å². The lowest BCUT2D eigenvalue weighted by Gasteiger charge is -2.39. The van der Waals surface area contributed by atoms with E-state index in [9.17, 15) is 4.79 Å². The van der Waals surface area contributed by atoms with E-state index in [2.05, 4.69) is 14.9 Å². The Morgan fingerprint density at radius 2 is 1.79 bits per heavy atom. The second kappa shape index (κ2) is 6.59. The Balaban J connectivity index is 1.40. The Hall–Kier alpha value is -2.43. The highest BCUT2D eigenvalue weighted by atomic mass is 16.5. The van der Waals surface area contributed by atoms with Gasteiger partial charge < -0.3 is 9.64 Å². The number of nitrogens with zero attached hydrogens (tertiary/aromatic N) is 3. The molecule has 2 aliphatic rings. The van der Waals surface area contributed by atoms with Crippen molar-refractivity contribution in [3.8, 4) is 5.75 Å². The third-order valence-corrected chi connectivity index (χ3v) is 4.99. The lowest BCUT2D eigenvalue weighted by Crippen LogP contribution is -2.49. The summed E-state index contributed by atoms with van der Waals surface area (Å²) in [6.45, 7) is 0. The Morgan fingerprint density at radius 1 is 1.08 bits per heavy atom. The Morgan fingerprint density at radius 3 is 2.42 bits per heavy atom. The van der Waals surface area contributed by atoms with Gasteiger partial charge in [-0.25, -0.2) is 0 Å². The van der Waals surface area contributed by atoms with Crippen molar-refractivity contribution in [3.05, 3.63) is 54.6 Å². The van der Waals surface area contributed by atoms with Crippen LogP contribution in [-0.4, -0.2) is 39.0 Å². The van der Waals surface area contributed by atoms with Crippen LogP contribution in [0.3, 0.4) is 0 Å². The number of aromatic nitrogens is 2. The highest BCUT2D eigenvalue weighted by molar-refractivity contribution is 5.79. The summed E-state index contributed by atoms with van der Waals surface area (Å²) >= 11 is 0. The minimum Gasteiger partial charge on any atom is -0.489 e. The second-order valence-electron chi connectivity index (χ2n) is 6.62. The van der Waals surface area contributed by atoms with Gasteiger partial charge in [0.15, 0.2) is 0 Å². The minimum atomic E-state index is 0.175. The molecule has 24 heavy (non-hydrogen) atoms. The molecule has 0 spiro atoms. The maximum atomic E-state index is 12.7. The lowest BCUT2D eigenvalue weighted by atomic mass is 9.98. The molecule has 2 fully saturated rings. The van der Waals surface area contributed by atoms with Gasteiger partial charge in [-0.05, 0) is 36.6 Å². The van der Waals surface area contributed by atoms with Gasteiger partial charge in [0.2, 0.25) is 5.91 Å². The zero-order chi connectivity index (χ0) is 16.4. The first-order valence-corrected chi connectivity index (χ1v) is 8.56. The predicted octanol–water partition coefficient (Wildman–Crippen LogP) is 2.62. The van der Waals surface area contributed by atoms with Crippen LogP contribution >= 0.6 is 0 Å². The van der Waals surface area contributed by atoms with Gasteiger partial charge >= 0.3 is 0 Å². The largest absolute Gasteiger partial charge is 0.489 e. The summed E-state index contributed by atoms with van der Waals surface area (Å²) in [5.74, 6) is 1.03. The van der Waals surface area contributed by atoms with E-state index in [4.69, 9.17) is 4.74 Å². The topological polar surface area (TPSA) is 55.3 Å². The van der Waals surface area contributed by atoms with Crippen molar-refractivity contribution in [2.45, 2.75) is 50.3 Å². The maximum absolute atomic E-state index is 12.7. The van der Waals surface area contributed by atoms with Crippen LogP contribution in [-0.2, 0) is 11.2 Å². The number of carbonyl (C=O) groups excluding carboxylic acids is 1. The molecule has 2 aliphatic heterocycles. The van der Waals surface area contributed by atoms with Gasteiger partial charge in [0.05, 0.1) is 12.6 Å². The molecule has 4 rings (SSSR count). The number of piperidine rings is 1. The zero-order valence-corrected chi connectivity index (χ0v) is 13.5. The SMILES string of the molecule is O=C(Cc1cccnc1)N1C2CCC1CC(Oc1cccnc1)C2. The molecule has 0 radical (unpaired) electrons. The summed E-state index contributed by atoms with van der Waals surface area (Å²) in [6.07, 6.45) is 11.6. The van der Waals surface area contributed by atoms with Crippen molar-refractivity contribution in [1.82, 2.24) is 14.9 Å². The molecule has 0 N–H and O–H groups in total. The van der Waals surface area contributed by atoms with E-state index in [0.29, 0.717) is 18.5 Å². The molecule has 2 unspecified atom stereocenters. The van der Waals surface area contributed by atoms with Gasteiger partial charge in [-0.15, -0.1) is 0 Å². The molecule has 0 aromatic carbocycles. The van der Waals surface area contributed by atoms with Gasteiger partial charge in [0.25, 0.3) is 0 Å². The number of hydrogen-bond donors (Lipinski definition) is 0. The smallest absolute Gasteiger partial charge is 0.227 e. The van der Waals surface area contributed by atoms with Gasteiger partial charge in [-0.1, -0.05) is 6.07 Å². The molecule has 5 heteroatoms. The van der Waals surface area contributed by atoms with Crippen molar-refractivity contribution >= 4 is 5.91 Å². The fraction of sp³-hybridized carbons (Fsp3) is 0.421. The highest BCUT2D eigenvalue weighted by Gasteiger charge is 2.43. The molecule has 5 nitrogen and oxygen atoms in total. The van der Waals surface area contributed by atoms with Gasteiger partial charge in [0, 0.05) is 43.5 Å². The van der Waals surface area contributed by atoms with E-state index in [-0.39, 0.29) is 12.0 Å². The molecule has 2 aromatic heterocycles.